The highest BCUT2D eigenvalue weighted by atomic mass is 32.2. The number of hydrogen-bond donors (Lipinski definition) is 1. The molecule has 0 aromatic heterocycles. The van der Waals surface area contributed by atoms with Crippen molar-refractivity contribution < 1.29 is 17.5 Å². The van der Waals surface area contributed by atoms with E-state index >= 15 is 0 Å². The van der Waals surface area contributed by atoms with Gasteiger partial charge in [0.2, 0.25) is 9.84 Å². The number of halogens is 1. The first-order valence-electron chi connectivity index (χ1n) is 5.91. The molecule has 106 valence electrons. The van der Waals surface area contributed by atoms with Gasteiger partial charge in [-0.15, -0.1) is 0 Å². The third-order valence-corrected chi connectivity index (χ3v) is 4.32. The van der Waals surface area contributed by atoms with Crippen molar-refractivity contribution in [2.24, 2.45) is 5.73 Å². The number of fused-ring (bicyclic) bond motifs is 1. The van der Waals surface area contributed by atoms with Crippen LogP contribution in [0.1, 0.15) is 0 Å². The van der Waals surface area contributed by atoms with Gasteiger partial charge in [0.1, 0.15) is 12.1 Å². The Morgan fingerprint density at radius 3 is 2.60 bits per heavy atom. The molecule has 0 aliphatic heterocycles. The third kappa shape index (κ3) is 2.97. The summed E-state index contributed by atoms with van der Waals surface area (Å²) in [6.45, 7) is -0.391. The number of benzene rings is 2. The van der Waals surface area contributed by atoms with Gasteiger partial charge < -0.3 is 10.5 Å². The lowest BCUT2D eigenvalue weighted by Gasteiger charge is -2.10. The van der Waals surface area contributed by atoms with Crippen molar-refractivity contribution in [1.82, 2.24) is 0 Å². The zero-order valence-corrected chi connectivity index (χ0v) is 11.4. The molecule has 0 aliphatic carbocycles. The van der Waals surface area contributed by atoms with Crippen molar-refractivity contribution >= 4 is 20.6 Å². The minimum atomic E-state index is -3.85. The maximum Gasteiger partial charge on any atom is 0.213 e. The fourth-order valence-corrected chi connectivity index (χ4v) is 2.60. The second-order valence-electron chi connectivity index (χ2n) is 4.13. The molecule has 2 aromatic carbocycles. The Morgan fingerprint density at radius 1 is 1.20 bits per heavy atom. The lowest BCUT2D eigenvalue weighted by molar-refractivity contribution is 0.382. The van der Waals surface area contributed by atoms with Crippen LogP contribution >= 0.6 is 0 Å². The molecule has 0 saturated carbocycles. The molecular weight excluding hydrogens is 281 g/mol. The Labute approximate surface area is 116 Å². The number of hydrogen-bond acceptors (Lipinski definition) is 4. The topological polar surface area (TPSA) is 69.4 Å². The maximum atomic E-state index is 12.5. The van der Waals surface area contributed by atoms with E-state index in [1.807, 2.05) is 30.3 Å². The van der Waals surface area contributed by atoms with Gasteiger partial charge in [-0.2, -0.15) is 0 Å². The lowest BCUT2D eigenvalue weighted by Crippen LogP contribution is -2.19. The second kappa shape index (κ2) is 6.02. The normalized spacial score (nSPS) is 12.6. The lowest BCUT2D eigenvalue weighted by atomic mass is 10.1. The van der Waals surface area contributed by atoms with Crippen molar-refractivity contribution in [3.05, 3.63) is 53.7 Å². The van der Waals surface area contributed by atoms with Crippen LogP contribution in [0.4, 0.5) is 4.39 Å². The van der Waals surface area contributed by atoms with Gasteiger partial charge in [-0.25, -0.2) is 12.8 Å². The van der Waals surface area contributed by atoms with Crippen LogP contribution in [0.5, 0.6) is 5.75 Å². The monoisotopic (exact) mass is 295 g/mol. The third-order valence-electron chi connectivity index (χ3n) is 2.84. The summed E-state index contributed by atoms with van der Waals surface area (Å²) in [6.07, 6.45) is 0.00178. The number of ether oxygens (including phenoxy) is 1. The first kappa shape index (κ1) is 14.5. The molecule has 0 atom stereocenters. The van der Waals surface area contributed by atoms with E-state index in [0.29, 0.717) is 5.75 Å². The molecule has 0 unspecified atom stereocenters. The van der Waals surface area contributed by atoms with Gasteiger partial charge >= 0.3 is 0 Å². The van der Waals surface area contributed by atoms with Crippen molar-refractivity contribution in [3.63, 3.8) is 0 Å². The van der Waals surface area contributed by atoms with Crippen LogP contribution in [0.15, 0.2) is 53.7 Å². The standard InChI is InChI=1S/C14H14FNO3S/c15-8-12(9-16)20(17,18)10-19-14-7-3-5-11-4-1-2-6-13(11)14/h1-8H,9-10,16H2. The van der Waals surface area contributed by atoms with Crippen molar-refractivity contribution in [2.45, 2.75) is 0 Å². The molecule has 4 nitrogen and oxygen atoms in total. The van der Waals surface area contributed by atoms with Gasteiger partial charge in [0.05, 0.1) is 4.91 Å². The van der Waals surface area contributed by atoms with Crippen LogP contribution in [0, 0.1) is 0 Å². The summed E-state index contributed by atoms with van der Waals surface area (Å²) in [5.74, 6) is -0.213. The SMILES string of the molecule is NCC(=CF)S(=O)(=O)COc1cccc2ccccc12. The number of sulfone groups is 1. The Balaban J connectivity index is 2.26. The summed E-state index contributed by atoms with van der Waals surface area (Å²) in [5, 5.41) is 1.73. The molecule has 0 amide bonds. The molecule has 0 bridgehead atoms. The van der Waals surface area contributed by atoms with Crippen LogP contribution in [0.25, 0.3) is 10.8 Å². The minimum Gasteiger partial charge on any atom is -0.477 e. The maximum absolute atomic E-state index is 12.5. The summed E-state index contributed by atoms with van der Waals surface area (Å²) in [7, 11) is -3.85. The van der Waals surface area contributed by atoms with Gasteiger partial charge in [0.25, 0.3) is 0 Å². The average Bonchev–Trinajstić information content (AvgIpc) is 2.46. The van der Waals surface area contributed by atoms with Crippen LogP contribution in [0.3, 0.4) is 0 Å². The van der Waals surface area contributed by atoms with E-state index in [1.54, 1.807) is 12.1 Å². The Morgan fingerprint density at radius 2 is 1.90 bits per heavy atom. The van der Waals surface area contributed by atoms with Crippen LogP contribution in [-0.2, 0) is 9.84 Å². The van der Waals surface area contributed by atoms with Crippen molar-refractivity contribution in [3.8, 4) is 5.75 Å². The number of rotatable bonds is 5. The number of nitrogens with two attached hydrogens (primary N) is 1. The highest BCUT2D eigenvalue weighted by molar-refractivity contribution is 7.95. The predicted molar refractivity (Wildman–Crippen MR) is 76.6 cm³/mol. The first-order valence-corrected chi connectivity index (χ1v) is 7.56. The van der Waals surface area contributed by atoms with E-state index in [9.17, 15) is 12.8 Å². The van der Waals surface area contributed by atoms with E-state index < -0.39 is 27.2 Å². The Kier molecular flexibility index (Phi) is 4.36. The molecule has 0 spiro atoms. The van der Waals surface area contributed by atoms with E-state index in [-0.39, 0.29) is 6.33 Å². The highest BCUT2D eigenvalue weighted by Crippen LogP contribution is 2.25. The summed E-state index contributed by atoms with van der Waals surface area (Å²) in [6, 6.07) is 12.7. The van der Waals surface area contributed by atoms with Gasteiger partial charge in [-0.3, -0.25) is 0 Å². The largest absolute Gasteiger partial charge is 0.477 e. The Bertz CT molecular complexity index is 736. The summed E-state index contributed by atoms with van der Waals surface area (Å²) in [5.41, 5.74) is 5.19. The fraction of sp³-hybridized carbons (Fsp3) is 0.143. The van der Waals surface area contributed by atoms with Gasteiger partial charge in [0, 0.05) is 11.9 Å². The minimum absolute atomic E-state index is 0.00178. The quantitative estimate of drug-likeness (QED) is 0.919. The van der Waals surface area contributed by atoms with E-state index in [0.717, 1.165) is 10.8 Å². The smallest absolute Gasteiger partial charge is 0.213 e. The zero-order valence-electron chi connectivity index (χ0n) is 10.6. The van der Waals surface area contributed by atoms with Crippen molar-refractivity contribution in [1.29, 1.82) is 0 Å². The fourth-order valence-electron chi connectivity index (χ4n) is 1.78. The van der Waals surface area contributed by atoms with Crippen LogP contribution in [0.2, 0.25) is 0 Å². The molecule has 6 heteroatoms. The van der Waals surface area contributed by atoms with Gasteiger partial charge in [-0.05, 0) is 11.5 Å². The van der Waals surface area contributed by atoms with E-state index in [2.05, 4.69) is 0 Å². The zero-order chi connectivity index (χ0) is 14.6. The van der Waals surface area contributed by atoms with Gasteiger partial charge in [0.15, 0.2) is 5.94 Å². The van der Waals surface area contributed by atoms with E-state index in [4.69, 9.17) is 10.5 Å². The molecule has 2 aromatic rings. The summed E-state index contributed by atoms with van der Waals surface area (Å²) in [4.78, 5) is -0.474. The van der Waals surface area contributed by atoms with Crippen LogP contribution < -0.4 is 10.5 Å². The molecule has 20 heavy (non-hydrogen) atoms. The van der Waals surface area contributed by atoms with Crippen molar-refractivity contribution in [2.75, 3.05) is 12.5 Å². The predicted octanol–water partition coefficient (Wildman–Crippen LogP) is 2.36. The highest BCUT2D eigenvalue weighted by Gasteiger charge is 2.18. The molecule has 0 saturated heterocycles. The molecule has 0 fully saturated rings. The second-order valence-corrected chi connectivity index (χ2v) is 6.12. The molecule has 2 rings (SSSR count). The molecule has 2 N–H and O–H groups in total. The molecular formula is C14H14FNO3S. The van der Waals surface area contributed by atoms with E-state index in [1.165, 1.54) is 0 Å². The summed E-state index contributed by atoms with van der Waals surface area (Å²) < 4.78 is 41.4. The first-order chi connectivity index (χ1) is 9.58. The molecule has 0 heterocycles. The molecule has 0 aliphatic rings. The Hall–Kier alpha value is -1.92. The average molecular weight is 295 g/mol. The molecule has 0 radical (unpaired) electrons. The van der Waals surface area contributed by atoms with Gasteiger partial charge in [-0.1, -0.05) is 36.4 Å². The summed E-state index contributed by atoms with van der Waals surface area (Å²) >= 11 is 0. The van der Waals surface area contributed by atoms with Crippen LogP contribution in [-0.4, -0.2) is 20.9 Å².